The van der Waals surface area contributed by atoms with Crippen molar-refractivity contribution in [1.29, 1.82) is 0 Å². The number of hydrogen-bond donors (Lipinski definition) is 0. The third-order valence-electron chi connectivity index (χ3n) is 5.86. The molecule has 3 saturated heterocycles. The minimum atomic E-state index is -0.0900. The van der Waals surface area contributed by atoms with E-state index in [9.17, 15) is 4.79 Å². The van der Waals surface area contributed by atoms with Crippen LogP contribution in [0.2, 0.25) is 0 Å². The first-order valence-electron chi connectivity index (χ1n) is 9.78. The lowest BCUT2D eigenvalue weighted by atomic mass is 9.84. The molecule has 7 heteroatoms. The minimum absolute atomic E-state index is 0.0900. The normalized spacial score (nSPS) is 25.6. The molecule has 0 saturated carbocycles. The van der Waals surface area contributed by atoms with E-state index >= 15 is 0 Å². The number of aromatic nitrogens is 2. The van der Waals surface area contributed by atoms with Crippen molar-refractivity contribution >= 4 is 5.91 Å². The van der Waals surface area contributed by atoms with Gasteiger partial charge < -0.3 is 14.4 Å². The van der Waals surface area contributed by atoms with Gasteiger partial charge in [0.2, 0.25) is 5.91 Å². The van der Waals surface area contributed by atoms with E-state index in [4.69, 9.17) is 9.47 Å². The van der Waals surface area contributed by atoms with E-state index in [1.54, 1.807) is 0 Å². The van der Waals surface area contributed by atoms with E-state index in [2.05, 4.69) is 16.1 Å². The molecule has 7 nitrogen and oxygen atoms in total. The standard InChI is InChI=1S/C19H30N4O3/c1-15-9-16(21(2)20-15)11-22-13-19(14-22)10-17(5-8-26-19)25-12-18(24)23-6-3-4-7-23/h9,17H,3-8,10-14H2,1-2H3/t17-/m1/s1. The second kappa shape index (κ2) is 7.29. The highest BCUT2D eigenvalue weighted by molar-refractivity contribution is 5.77. The first kappa shape index (κ1) is 17.9. The summed E-state index contributed by atoms with van der Waals surface area (Å²) in [7, 11) is 2.00. The van der Waals surface area contributed by atoms with Gasteiger partial charge in [-0.25, -0.2) is 0 Å². The Labute approximate surface area is 155 Å². The number of rotatable bonds is 5. The van der Waals surface area contributed by atoms with Crippen LogP contribution in [0.1, 0.15) is 37.1 Å². The van der Waals surface area contributed by atoms with Crippen LogP contribution < -0.4 is 0 Å². The van der Waals surface area contributed by atoms with Crippen molar-refractivity contribution in [2.45, 2.75) is 50.9 Å². The molecule has 4 heterocycles. The van der Waals surface area contributed by atoms with Crippen LogP contribution in [0.4, 0.5) is 0 Å². The topological polar surface area (TPSA) is 59.8 Å². The molecule has 0 N–H and O–H groups in total. The SMILES string of the molecule is Cc1cc(CN2CC3(C[C@H](OCC(=O)N4CCCC4)CCO3)C2)n(C)n1. The van der Waals surface area contributed by atoms with Crippen molar-refractivity contribution in [2.24, 2.45) is 7.05 Å². The molecule has 0 bridgehead atoms. The molecule has 4 rings (SSSR count). The average molecular weight is 362 g/mol. The lowest BCUT2D eigenvalue weighted by Gasteiger charge is -2.53. The first-order valence-corrected chi connectivity index (χ1v) is 9.78. The summed E-state index contributed by atoms with van der Waals surface area (Å²) in [6, 6.07) is 2.14. The summed E-state index contributed by atoms with van der Waals surface area (Å²) in [5.41, 5.74) is 2.20. The molecule has 1 atom stereocenters. The van der Waals surface area contributed by atoms with E-state index < -0.39 is 0 Å². The van der Waals surface area contributed by atoms with Crippen LogP contribution in [0.25, 0.3) is 0 Å². The molecule has 1 amide bonds. The molecule has 0 unspecified atom stereocenters. The predicted molar refractivity (Wildman–Crippen MR) is 96.7 cm³/mol. The van der Waals surface area contributed by atoms with Gasteiger partial charge in [0.25, 0.3) is 0 Å². The Morgan fingerprint density at radius 2 is 2.15 bits per heavy atom. The molecule has 0 aromatic carbocycles. The van der Waals surface area contributed by atoms with E-state index in [1.807, 2.05) is 23.6 Å². The summed E-state index contributed by atoms with van der Waals surface area (Å²) in [5, 5.41) is 4.41. The van der Waals surface area contributed by atoms with Crippen LogP contribution in [0, 0.1) is 6.92 Å². The van der Waals surface area contributed by atoms with E-state index in [-0.39, 0.29) is 24.2 Å². The average Bonchev–Trinajstić information content (AvgIpc) is 3.22. The number of amides is 1. The maximum absolute atomic E-state index is 12.2. The zero-order chi connectivity index (χ0) is 18.1. The third kappa shape index (κ3) is 3.80. The number of ether oxygens (including phenoxy) is 2. The van der Waals surface area contributed by atoms with Gasteiger partial charge in [-0.15, -0.1) is 0 Å². The summed E-state index contributed by atoms with van der Waals surface area (Å²) in [5.74, 6) is 0.143. The molecule has 0 radical (unpaired) electrons. The van der Waals surface area contributed by atoms with Gasteiger partial charge in [-0.2, -0.15) is 5.10 Å². The summed E-state index contributed by atoms with van der Waals surface area (Å²) >= 11 is 0. The third-order valence-corrected chi connectivity index (χ3v) is 5.86. The number of carbonyl (C=O) groups excluding carboxylic acids is 1. The summed E-state index contributed by atoms with van der Waals surface area (Å²) in [6.45, 7) is 7.51. The molecule has 26 heavy (non-hydrogen) atoms. The van der Waals surface area contributed by atoms with Crippen molar-refractivity contribution < 1.29 is 14.3 Å². The van der Waals surface area contributed by atoms with Crippen LogP contribution in [-0.2, 0) is 27.9 Å². The van der Waals surface area contributed by atoms with Crippen molar-refractivity contribution in [3.8, 4) is 0 Å². The Bertz CT molecular complexity index is 647. The van der Waals surface area contributed by atoms with Crippen molar-refractivity contribution in [1.82, 2.24) is 19.6 Å². The Balaban J connectivity index is 1.24. The van der Waals surface area contributed by atoms with Gasteiger partial charge in [-0.05, 0) is 32.3 Å². The summed E-state index contributed by atoms with van der Waals surface area (Å²) in [6.07, 6.45) is 4.16. The van der Waals surface area contributed by atoms with Crippen LogP contribution in [0.3, 0.4) is 0 Å². The van der Waals surface area contributed by atoms with E-state index in [1.165, 1.54) is 5.69 Å². The van der Waals surface area contributed by atoms with E-state index in [0.29, 0.717) is 0 Å². The quantitative estimate of drug-likeness (QED) is 0.785. The number of aryl methyl sites for hydroxylation is 2. The molecular formula is C19H30N4O3. The van der Waals surface area contributed by atoms with Crippen LogP contribution in [-0.4, -0.2) is 76.6 Å². The molecule has 3 aliphatic rings. The molecule has 3 fully saturated rings. The molecule has 1 aromatic heterocycles. The number of nitrogens with zero attached hydrogens (tertiary/aromatic N) is 4. The summed E-state index contributed by atoms with van der Waals surface area (Å²) < 4.78 is 14.0. The molecular weight excluding hydrogens is 332 g/mol. The van der Waals surface area contributed by atoms with Gasteiger partial charge in [0, 0.05) is 52.8 Å². The fraction of sp³-hybridized carbons (Fsp3) is 0.789. The second-order valence-corrected chi connectivity index (χ2v) is 8.09. The molecule has 0 aliphatic carbocycles. The summed E-state index contributed by atoms with van der Waals surface area (Å²) in [4.78, 5) is 16.5. The van der Waals surface area contributed by atoms with Gasteiger partial charge in [-0.1, -0.05) is 0 Å². The maximum Gasteiger partial charge on any atom is 0.248 e. The molecule has 1 aromatic rings. The maximum atomic E-state index is 12.2. The monoisotopic (exact) mass is 362 g/mol. The second-order valence-electron chi connectivity index (χ2n) is 8.09. The molecule has 144 valence electrons. The van der Waals surface area contributed by atoms with Gasteiger partial charge in [0.05, 0.1) is 23.1 Å². The van der Waals surface area contributed by atoms with Gasteiger partial charge in [0.1, 0.15) is 6.61 Å². The van der Waals surface area contributed by atoms with Crippen molar-refractivity contribution in [3.63, 3.8) is 0 Å². The Morgan fingerprint density at radius 1 is 1.38 bits per heavy atom. The highest BCUT2D eigenvalue weighted by atomic mass is 16.5. The molecule has 3 aliphatic heterocycles. The number of carbonyl (C=O) groups is 1. The fourth-order valence-electron chi connectivity index (χ4n) is 4.51. The highest BCUT2D eigenvalue weighted by Gasteiger charge is 2.47. The lowest BCUT2D eigenvalue weighted by Crippen LogP contribution is -2.65. The predicted octanol–water partition coefficient (Wildman–Crippen LogP) is 1.10. The van der Waals surface area contributed by atoms with Crippen LogP contribution in [0.15, 0.2) is 6.07 Å². The van der Waals surface area contributed by atoms with Crippen LogP contribution >= 0.6 is 0 Å². The number of hydrogen-bond acceptors (Lipinski definition) is 5. The van der Waals surface area contributed by atoms with Gasteiger partial charge in [0.15, 0.2) is 0 Å². The lowest BCUT2D eigenvalue weighted by molar-refractivity contribution is -0.200. The number of likely N-dealkylation sites (tertiary alicyclic amines) is 2. The fourth-order valence-corrected chi connectivity index (χ4v) is 4.51. The highest BCUT2D eigenvalue weighted by Crippen LogP contribution is 2.36. The van der Waals surface area contributed by atoms with Gasteiger partial charge >= 0.3 is 0 Å². The zero-order valence-electron chi connectivity index (χ0n) is 15.9. The van der Waals surface area contributed by atoms with Crippen molar-refractivity contribution in [2.75, 3.05) is 39.4 Å². The smallest absolute Gasteiger partial charge is 0.248 e. The Hall–Kier alpha value is -1.44. The largest absolute Gasteiger partial charge is 0.372 e. The zero-order valence-corrected chi connectivity index (χ0v) is 15.9. The Morgan fingerprint density at radius 3 is 2.85 bits per heavy atom. The Kier molecular flexibility index (Phi) is 5.03. The van der Waals surface area contributed by atoms with E-state index in [0.717, 1.165) is 70.7 Å². The van der Waals surface area contributed by atoms with Crippen molar-refractivity contribution in [3.05, 3.63) is 17.5 Å². The minimum Gasteiger partial charge on any atom is -0.372 e. The van der Waals surface area contributed by atoms with Crippen LogP contribution in [0.5, 0.6) is 0 Å². The van der Waals surface area contributed by atoms with Gasteiger partial charge in [-0.3, -0.25) is 14.4 Å². The first-order chi connectivity index (χ1) is 12.5. The molecule has 1 spiro atoms.